The van der Waals surface area contributed by atoms with Crippen LogP contribution in [0.4, 0.5) is 4.79 Å². The van der Waals surface area contributed by atoms with Gasteiger partial charge in [0.15, 0.2) is 18.1 Å². The first-order valence-corrected chi connectivity index (χ1v) is 12.2. The average Bonchev–Trinajstić information content (AvgIpc) is 3.00. The SMILES string of the molecule is CCOc1cc(/C=C2/SC(=O)N(Cc3cccc(Br)c3)C2=O)cc(I)c1OCC(=O)OC. The molecule has 1 heterocycles. The van der Waals surface area contributed by atoms with E-state index in [2.05, 4.69) is 43.3 Å². The van der Waals surface area contributed by atoms with E-state index in [9.17, 15) is 14.4 Å². The molecular weight excluding hydrogens is 613 g/mol. The van der Waals surface area contributed by atoms with E-state index in [-0.39, 0.29) is 24.3 Å². The second kappa shape index (κ2) is 11.2. The number of thioether (sulfide) groups is 1. The molecule has 3 rings (SSSR count). The topological polar surface area (TPSA) is 82.1 Å². The number of nitrogens with zero attached hydrogens (tertiary/aromatic N) is 1. The summed E-state index contributed by atoms with van der Waals surface area (Å²) in [6.45, 7) is 2.16. The molecule has 7 nitrogen and oxygen atoms in total. The van der Waals surface area contributed by atoms with Crippen LogP contribution in [0.3, 0.4) is 0 Å². The van der Waals surface area contributed by atoms with Crippen molar-refractivity contribution in [1.82, 2.24) is 4.90 Å². The molecule has 32 heavy (non-hydrogen) atoms. The van der Waals surface area contributed by atoms with Gasteiger partial charge >= 0.3 is 5.97 Å². The van der Waals surface area contributed by atoms with Crippen LogP contribution in [0.15, 0.2) is 45.8 Å². The molecular formula is C22H19BrINO6S. The lowest BCUT2D eigenvalue weighted by Crippen LogP contribution is -2.27. The van der Waals surface area contributed by atoms with Crippen LogP contribution in [0.2, 0.25) is 0 Å². The third-order valence-corrected chi connectivity index (χ3v) is 6.50. The molecule has 2 aromatic rings. The minimum atomic E-state index is -0.508. The van der Waals surface area contributed by atoms with Gasteiger partial charge in [-0.2, -0.15) is 0 Å². The maximum absolute atomic E-state index is 12.9. The van der Waals surface area contributed by atoms with Gasteiger partial charge < -0.3 is 14.2 Å². The Morgan fingerprint density at radius 3 is 2.69 bits per heavy atom. The van der Waals surface area contributed by atoms with Crippen molar-refractivity contribution in [3.8, 4) is 11.5 Å². The Hall–Kier alpha value is -2.05. The Kier molecular flexibility index (Phi) is 8.60. The fourth-order valence-corrected chi connectivity index (χ4v) is 4.94. The number of carbonyl (C=O) groups excluding carboxylic acids is 3. The van der Waals surface area contributed by atoms with Crippen molar-refractivity contribution in [3.05, 3.63) is 60.5 Å². The Bertz CT molecular complexity index is 1090. The van der Waals surface area contributed by atoms with Gasteiger partial charge in [-0.15, -0.1) is 0 Å². The van der Waals surface area contributed by atoms with Crippen LogP contribution >= 0.6 is 50.3 Å². The molecule has 0 unspecified atom stereocenters. The highest BCUT2D eigenvalue weighted by molar-refractivity contribution is 14.1. The molecule has 1 aliphatic rings. The van der Waals surface area contributed by atoms with Crippen molar-refractivity contribution in [2.75, 3.05) is 20.3 Å². The molecule has 0 N–H and O–H groups in total. The quantitative estimate of drug-likeness (QED) is 0.224. The van der Waals surface area contributed by atoms with Crippen molar-refractivity contribution < 1.29 is 28.6 Å². The molecule has 168 valence electrons. The molecule has 1 aliphatic heterocycles. The standard InChI is InChI=1S/C22H19BrINO6S/c1-3-30-17-9-14(8-16(24)20(17)31-12-19(26)29-2)10-18-21(27)25(22(28)32-18)11-13-5-4-6-15(23)7-13/h4-10H,3,11-12H2,1-2H3/b18-10+. The lowest BCUT2D eigenvalue weighted by Gasteiger charge is -2.14. The van der Waals surface area contributed by atoms with Crippen molar-refractivity contribution in [1.29, 1.82) is 0 Å². The van der Waals surface area contributed by atoms with Gasteiger partial charge in [0.1, 0.15) is 0 Å². The molecule has 0 bridgehead atoms. The Balaban J connectivity index is 1.84. The molecule has 2 amide bonds. The number of ether oxygens (including phenoxy) is 3. The summed E-state index contributed by atoms with van der Waals surface area (Å²) in [5.74, 6) is -0.00826. The predicted molar refractivity (Wildman–Crippen MR) is 133 cm³/mol. The van der Waals surface area contributed by atoms with Crippen LogP contribution in [-0.4, -0.2) is 42.3 Å². The van der Waals surface area contributed by atoms with Crippen LogP contribution in [0, 0.1) is 3.57 Å². The second-order valence-electron chi connectivity index (χ2n) is 6.53. The van der Waals surface area contributed by atoms with Gasteiger partial charge in [0, 0.05) is 4.47 Å². The summed E-state index contributed by atoms with van der Waals surface area (Å²) in [6, 6.07) is 11.0. The molecule has 0 radical (unpaired) electrons. The van der Waals surface area contributed by atoms with Crippen molar-refractivity contribution >= 4 is 73.5 Å². The van der Waals surface area contributed by atoms with E-state index in [0.29, 0.717) is 32.1 Å². The van der Waals surface area contributed by atoms with Crippen molar-refractivity contribution in [2.24, 2.45) is 0 Å². The van der Waals surface area contributed by atoms with Crippen molar-refractivity contribution in [2.45, 2.75) is 13.5 Å². The Morgan fingerprint density at radius 2 is 2.00 bits per heavy atom. The highest BCUT2D eigenvalue weighted by Gasteiger charge is 2.35. The Labute approximate surface area is 211 Å². The third kappa shape index (κ3) is 6.04. The van der Waals surface area contributed by atoms with Gasteiger partial charge in [0.05, 0.1) is 28.7 Å². The first-order valence-electron chi connectivity index (χ1n) is 9.48. The van der Waals surface area contributed by atoms with E-state index in [4.69, 9.17) is 9.47 Å². The van der Waals surface area contributed by atoms with Crippen LogP contribution in [0.5, 0.6) is 11.5 Å². The highest BCUT2D eigenvalue weighted by Crippen LogP contribution is 2.38. The van der Waals surface area contributed by atoms with E-state index in [0.717, 1.165) is 21.8 Å². The summed E-state index contributed by atoms with van der Waals surface area (Å²) in [6.07, 6.45) is 1.65. The van der Waals surface area contributed by atoms with Crippen LogP contribution in [0.1, 0.15) is 18.1 Å². The summed E-state index contributed by atoms with van der Waals surface area (Å²) in [7, 11) is 1.28. The summed E-state index contributed by atoms with van der Waals surface area (Å²) in [4.78, 5) is 38.3. The number of rotatable bonds is 8. The normalized spacial score (nSPS) is 14.8. The largest absolute Gasteiger partial charge is 0.490 e. The number of benzene rings is 2. The molecule has 0 spiro atoms. The van der Waals surface area contributed by atoms with E-state index < -0.39 is 5.97 Å². The van der Waals surface area contributed by atoms with E-state index >= 15 is 0 Å². The molecule has 0 saturated carbocycles. The lowest BCUT2D eigenvalue weighted by molar-refractivity contribution is -0.143. The van der Waals surface area contributed by atoms with Gasteiger partial charge in [-0.05, 0) is 82.7 Å². The zero-order valence-electron chi connectivity index (χ0n) is 17.2. The smallest absolute Gasteiger partial charge is 0.343 e. The van der Waals surface area contributed by atoms with Gasteiger partial charge in [0.2, 0.25) is 0 Å². The number of hydrogen-bond acceptors (Lipinski definition) is 7. The van der Waals surface area contributed by atoms with Gasteiger partial charge in [0.25, 0.3) is 11.1 Å². The molecule has 10 heteroatoms. The maximum atomic E-state index is 12.9. The first-order chi connectivity index (χ1) is 15.3. The van der Waals surface area contributed by atoms with Gasteiger partial charge in [-0.25, -0.2) is 4.79 Å². The number of hydrogen-bond donors (Lipinski definition) is 0. The van der Waals surface area contributed by atoms with Gasteiger partial charge in [-0.3, -0.25) is 14.5 Å². The Morgan fingerprint density at radius 1 is 1.22 bits per heavy atom. The highest BCUT2D eigenvalue weighted by atomic mass is 127. The van der Waals surface area contributed by atoms with Crippen molar-refractivity contribution in [3.63, 3.8) is 0 Å². The first kappa shape index (κ1) is 24.6. The molecule has 0 aliphatic carbocycles. The van der Waals surface area contributed by atoms with E-state index in [1.54, 1.807) is 18.2 Å². The minimum absolute atomic E-state index is 0.198. The predicted octanol–water partition coefficient (Wildman–Crippen LogP) is 5.24. The summed E-state index contributed by atoms with van der Waals surface area (Å²) in [5.41, 5.74) is 1.53. The lowest BCUT2D eigenvalue weighted by atomic mass is 10.1. The van der Waals surface area contributed by atoms with Gasteiger partial charge in [-0.1, -0.05) is 28.1 Å². The molecule has 1 saturated heterocycles. The average molecular weight is 632 g/mol. The number of amides is 2. The zero-order chi connectivity index (χ0) is 23.3. The summed E-state index contributed by atoms with van der Waals surface area (Å²) < 4.78 is 17.4. The number of halogens is 2. The zero-order valence-corrected chi connectivity index (χ0v) is 21.8. The summed E-state index contributed by atoms with van der Waals surface area (Å²) >= 11 is 6.37. The fourth-order valence-electron chi connectivity index (χ4n) is 2.87. The molecule has 2 aromatic carbocycles. The number of imide groups is 1. The number of esters is 1. The monoisotopic (exact) mass is 631 g/mol. The minimum Gasteiger partial charge on any atom is -0.490 e. The van der Waals surface area contributed by atoms with E-state index in [1.807, 2.05) is 31.2 Å². The molecule has 0 atom stereocenters. The third-order valence-electron chi connectivity index (χ3n) is 4.29. The molecule has 0 aromatic heterocycles. The summed E-state index contributed by atoms with van der Waals surface area (Å²) in [5, 5.41) is -0.320. The second-order valence-corrected chi connectivity index (χ2v) is 9.60. The molecule has 1 fully saturated rings. The number of carbonyl (C=O) groups is 3. The van der Waals surface area contributed by atoms with Crippen LogP contribution in [0.25, 0.3) is 6.08 Å². The maximum Gasteiger partial charge on any atom is 0.343 e. The van der Waals surface area contributed by atoms with Crippen LogP contribution in [-0.2, 0) is 20.9 Å². The fraction of sp³-hybridized carbons (Fsp3) is 0.227. The number of methoxy groups -OCH3 is 1. The van der Waals surface area contributed by atoms with Crippen LogP contribution < -0.4 is 9.47 Å². The van der Waals surface area contributed by atoms with E-state index in [1.165, 1.54) is 12.0 Å².